The third-order valence-electron chi connectivity index (χ3n) is 2.58. The fourth-order valence-corrected chi connectivity index (χ4v) is 2.06. The number of anilines is 1. The number of nitrogens with one attached hydrogen (secondary N) is 1. The second-order valence-corrected chi connectivity index (χ2v) is 4.26. The summed E-state index contributed by atoms with van der Waals surface area (Å²) in [7, 11) is 1.66. The Morgan fingerprint density at radius 3 is 2.78 bits per heavy atom. The molecule has 0 aliphatic rings. The number of halogens is 3. The lowest BCUT2D eigenvalue weighted by molar-refractivity contribution is -0.126. The van der Waals surface area contributed by atoms with Crippen molar-refractivity contribution in [1.29, 1.82) is 0 Å². The molecule has 2 aromatic rings. The van der Waals surface area contributed by atoms with Crippen LogP contribution in [0.15, 0.2) is 12.1 Å². The van der Waals surface area contributed by atoms with Gasteiger partial charge in [-0.15, -0.1) is 0 Å². The number of hydrogen-bond acceptors (Lipinski definition) is 2. The van der Waals surface area contributed by atoms with Crippen LogP contribution < -0.4 is 5.32 Å². The van der Waals surface area contributed by atoms with Gasteiger partial charge in [0.05, 0.1) is 15.9 Å². The maximum Gasteiger partial charge on any atom is 0.315 e. The van der Waals surface area contributed by atoms with Gasteiger partial charge in [-0.3, -0.25) is 9.48 Å². The molecule has 1 N–H and O–H groups in total. The van der Waals surface area contributed by atoms with Gasteiger partial charge in [0.2, 0.25) is 0 Å². The summed E-state index contributed by atoms with van der Waals surface area (Å²) in [6, 6.07) is 3.43. The highest BCUT2D eigenvalue weighted by atomic mass is 35.5. The van der Waals surface area contributed by atoms with Crippen molar-refractivity contribution >= 4 is 34.2 Å². The first-order chi connectivity index (χ1) is 8.41. The lowest BCUT2D eigenvalue weighted by atomic mass is 10.1. The Kier molecular flexibility index (Phi) is 3.21. The van der Waals surface area contributed by atoms with Gasteiger partial charge in [-0.05, 0) is 18.6 Å². The van der Waals surface area contributed by atoms with Gasteiger partial charge in [0.25, 0.3) is 5.91 Å². The summed E-state index contributed by atoms with van der Waals surface area (Å²) < 4.78 is 25.9. The van der Waals surface area contributed by atoms with Gasteiger partial charge in [0.1, 0.15) is 0 Å². The van der Waals surface area contributed by atoms with E-state index in [9.17, 15) is 13.6 Å². The molecule has 0 unspecified atom stereocenters. The molecule has 0 bridgehead atoms. The van der Waals surface area contributed by atoms with Crippen molar-refractivity contribution in [2.24, 2.45) is 7.05 Å². The van der Waals surface area contributed by atoms with Crippen molar-refractivity contribution in [3.63, 3.8) is 0 Å². The van der Waals surface area contributed by atoms with Crippen molar-refractivity contribution < 1.29 is 13.6 Å². The second kappa shape index (κ2) is 4.53. The Morgan fingerprint density at radius 2 is 2.17 bits per heavy atom. The minimum atomic E-state index is -3.09. The third-order valence-corrected chi connectivity index (χ3v) is 2.89. The van der Waals surface area contributed by atoms with Gasteiger partial charge in [-0.1, -0.05) is 17.7 Å². The van der Waals surface area contributed by atoms with Gasteiger partial charge < -0.3 is 5.32 Å². The lowest BCUT2D eigenvalue weighted by Gasteiger charge is -2.02. The summed E-state index contributed by atoms with van der Waals surface area (Å²) in [5, 5.41) is 6.89. The Hall–Kier alpha value is -1.69. The second-order valence-electron chi connectivity index (χ2n) is 3.85. The van der Waals surface area contributed by atoms with E-state index >= 15 is 0 Å². The quantitative estimate of drug-likeness (QED) is 0.914. The number of benzene rings is 1. The molecule has 1 aromatic carbocycles. The maximum atomic E-state index is 12.2. The summed E-state index contributed by atoms with van der Waals surface area (Å²) in [5.74, 6) is -1.35. The van der Waals surface area contributed by atoms with Crippen LogP contribution in [0.5, 0.6) is 0 Å². The molecule has 2 rings (SSSR count). The van der Waals surface area contributed by atoms with Crippen LogP contribution in [0.2, 0.25) is 5.02 Å². The van der Waals surface area contributed by atoms with Crippen LogP contribution in [-0.4, -0.2) is 22.1 Å². The highest BCUT2D eigenvalue weighted by Crippen LogP contribution is 2.32. The monoisotopic (exact) mass is 273 g/mol. The van der Waals surface area contributed by atoms with Crippen LogP contribution in [0.3, 0.4) is 0 Å². The molecule has 1 amide bonds. The molecule has 4 nitrogen and oxygen atoms in total. The molecular weight excluding hydrogens is 264 g/mol. The van der Waals surface area contributed by atoms with Crippen molar-refractivity contribution in [1.82, 2.24) is 9.78 Å². The number of aromatic nitrogens is 2. The van der Waals surface area contributed by atoms with E-state index in [4.69, 9.17) is 11.6 Å². The molecule has 7 heteroatoms. The van der Waals surface area contributed by atoms with Crippen LogP contribution in [0, 0.1) is 6.92 Å². The minimum Gasteiger partial charge on any atom is -0.304 e. The van der Waals surface area contributed by atoms with E-state index in [1.54, 1.807) is 19.2 Å². The Labute approximate surface area is 107 Å². The van der Waals surface area contributed by atoms with Gasteiger partial charge in [0.15, 0.2) is 5.82 Å². The smallest absolute Gasteiger partial charge is 0.304 e. The summed E-state index contributed by atoms with van der Waals surface area (Å²) in [5.41, 5.74) is 1.59. The molecular formula is C11H10ClF2N3O. The number of rotatable bonds is 2. The summed E-state index contributed by atoms with van der Waals surface area (Å²) in [4.78, 5) is 11.0. The molecule has 0 aliphatic heterocycles. The van der Waals surface area contributed by atoms with Crippen LogP contribution >= 0.6 is 11.6 Å². The van der Waals surface area contributed by atoms with Crippen molar-refractivity contribution in [3.05, 3.63) is 22.7 Å². The zero-order valence-corrected chi connectivity index (χ0v) is 10.4. The number of aryl methyl sites for hydroxylation is 2. The van der Waals surface area contributed by atoms with E-state index in [1.807, 2.05) is 6.92 Å². The number of amides is 1. The first-order valence-electron chi connectivity index (χ1n) is 5.12. The van der Waals surface area contributed by atoms with Gasteiger partial charge >= 0.3 is 6.43 Å². The molecule has 0 fully saturated rings. The highest BCUT2D eigenvalue weighted by molar-refractivity contribution is 6.36. The third kappa shape index (κ3) is 2.03. The average molecular weight is 274 g/mol. The Balaban J connectivity index is 2.59. The normalized spacial score (nSPS) is 11.2. The van der Waals surface area contributed by atoms with E-state index < -0.39 is 12.3 Å². The molecule has 0 atom stereocenters. The molecule has 0 saturated heterocycles. The van der Waals surface area contributed by atoms with Crippen molar-refractivity contribution in [2.75, 3.05) is 5.32 Å². The fraction of sp³-hybridized carbons (Fsp3) is 0.273. The van der Waals surface area contributed by atoms with Crippen LogP contribution in [-0.2, 0) is 11.8 Å². The number of carbonyl (C=O) groups is 1. The van der Waals surface area contributed by atoms with E-state index in [0.29, 0.717) is 15.9 Å². The number of hydrogen-bond donors (Lipinski definition) is 1. The maximum absolute atomic E-state index is 12.2. The molecule has 18 heavy (non-hydrogen) atoms. The zero-order chi connectivity index (χ0) is 13.4. The van der Waals surface area contributed by atoms with Gasteiger partial charge in [0, 0.05) is 7.05 Å². The van der Waals surface area contributed by atoms with Crippen molar-refractivity contribution in [3.8, 4) is 0 Å². The SMILES string of the molecule is Cc1ccc(Cl)c2c(NC(=O)C(F)F)nn(C)c12. The molecule has 0 aliphatic carbocycles. The molecule has 0 radical (unpaired) electrons. The first-order valence-corrected chi connectivity index (χ1v) is 5.50. The standard InChI is InChI=1S/C11H10ClF2N3O/c1-5-3-4-6(12)7-8(5)17(2)16-10(7)15-11(18)9(13)14/h3-4,9H,1-2H3,(H,15,16,18). The number of alkyl halides is 2. The predicted molar refractivity (Wildman–Crippen MR) is 65.1 cm³/mol. The number of carbonyl (C=O) groups excluding carboxylic acids is 1. The molecule has 1 heterocycles. The minimum absolute atomic E-state index is 0.0477. The number of nitrogens with zero attached hydrogens (tertiary/aromatic N) is 2. The van der Waals surface area contributed by atoms with Crippen LogP contribution in [0.4, 0.5) is 14.6 Å². The van der Waals surface area contributed by atoms with Crippen LogP contribution in [0.25, 0.3) is 10.9 Å². The zero-order valence-electron chi connectivity index (χ0n) is 9.67. The fourth-order valence-electron chi connectivity index (χ4n) is 1.82. The Bertz CT molecular complexity index is 624. The lowest BCUT2D eigenvalue weighted by Crippen LogP contribution is -2.20. The van der Waals surface area contributed by atoms with E-state index in [1.165, 1.54) is 4.68 Å². The summed E-state index contributed by atoms with van der Waals surface area (Å²) in [6.45, 7) is 1.85. The predicted octanol–water partition coefficient (Wildman–Crippen LogP) is 2.74. The van der Waals surface area contributed by atoms with E-state index in [-0.39, 0.29) is 5.82 Å². The van der Waals surface area contributed by atoms with Gasteiger partial charge in [-0.2, -0.15) is 13.9 Å². The van der Waals surface area contributed by atoms with E-state index in [2.05, 4.69) is 10.4 Å². The molecule has 1 aromatic heterocycles. The highest BCUT2D eigenvalue weighted by Gasteiger charge is 2.20. The van der Waals surface area contributed by atoms with Crippen molar-refractivity contribution in [2.45, 2.75) is 13.3 Å². The van der Waals surface area contributed by atoms with Crippen LogP contribution in [0.1, 0.15) is 5.56 Å². The first kappa shape index (κ1) is 12.8. The van der Waals surface area contributed by atoms with Gasteiger partial charge in [-0.25, -0.2) is 0 Å². The topological polar surface area (TPSA) is 46.9 Å². The Morgan fingerprint density at radius 1 is 1.50 bits per heavy atom. The van der Waals surface area contributed by atoms with E-state index in [0.717, 1.165) is 5.56 Å². The summed E-state index contributed by atoms with van der Waals surface area (Å²) in [6.07, 6.45) is -3.09. The molecule has 0 saturated carbocycles. The molecule has 0 spiro atoms. The molecule has 96 valence electrons. The largest absolute Gasteiger partial charge is 0.315 e. The average Bonchev–Trinajstić information content (AvgIpc) is 2.62. The summed E-state index contributed by atoms with van der Waals surface area (Å²) >= 11 is 6.02. The number of fused-ring (bicyclic) bond motifs is 1.